The number of hydrogen-bond donors (Lipinski definition) is 0. The van der Waals surface area contributed by atoms with Crippen LogP contribution in [0.5, 0.6) is 11.5 Å². The van der Waals surface area contributed by atoms with Crippen molar-refractivity contribution in [2.75, 3.05) is 13.2 Å². The lowest BCUT2D eigenvalue weighted by atomic mass is 10.1. The maximum Gasteiger partial charge on any atom is 0.266 e. The first-order valence-electron chi connectivity index (χ1n) is 6.74. The normalized spacial score (nSPS) is 9.42. The Kier molecular flexibility index (Phi) is 7.86. The van der Waals surface area contributed by atoms with E-state index in [2.05, 4.69) is 0 Å². The summed E-state index contributed by atoms with van der Waals surface area (Å²) in [7, 11) is 0. The Bertz CT molecular complexity index is 649. The first-order chi connectivity index (χ1) is 11.5. The van der Waals surface area contributed by atoms with Gasteiger partial charge in [0.2, 0.25) is 0 Å². The van der Waals surface area contributed by atoms with Crippen LogP contribution in [-0.4, -0.2) is 13.2 Å². The Morgan fingerprint density at radius 1 is 0.833 bits per heavy atom. The largest absolute Gasteiger partial charge is 0.492 e. The lowest BCUT2D eigenvalue weighted by molar-refractivity contribution is 0.310. The van der Waals surface area contributed by atoms with Crippen molar-refractivity contribution in [3.05, 3.63) is 47.6 Å². The van der Waals surface area contributed by atoms with E-state index in [1.165, 1.54) is 12.1 Å². The minimum absolute atomic E-state index is 0.0590. The van der Waals surface area contributed by atoms with Gasteiger partial charge in [0.1, 0.15) is 34.8 Å². The van der Waals surface area contributed by atoms with E-state index in [1.54, 1.807) is 12.1 Å². The molecule has 0 bridgehead atoms. The van der Waals surface area contributed by atoms with Gasteiger partial charge in [-0.05, 0) is 24.3 Å². The van der Waals surface area contributed by atoms with Gasteiger partial charge >= 0.3 is 0 Å². The summed E-state index contributed by atoms with van der Waals surface area (Å²) in [5.41, 5.74) is -0.209. The first-order valence-corrected chi connectivity index (χ1v) is 6.74. The lowest BCUT2D eigenvalue weighted by Crippen LogP contribution is -2.03. The number of nitrogens with zero attached hydrogens (tertiary/aromatic N) is 2. The fraction of sp³-hybridized carbons (Fsp3) is 0.250. The molecule has 0 heterocycles. The van der Waals surface area contributed by atoms with E-state index < -0.39 is 12.2 Å². The van der Waals surface area contributed by atoms with Crippen molar-refractivity contribution in [1.29, 1.82) is 10.5 Å². The van der Waals surface area contributed by atoms with Crippen LogP contribution < -0.4 is 9.47 Å². The zero-order chi connectivity index (χ0) is 17.9. The maximum absolute atomic E-state index is 11.9. The molecular weight excluding hydrogens is 328 g/mol. The fourth-order valence-corrected chi connectivity index (χ4v) is 1.70. The Morgan fingerprint density at radius 3 is 1.50 bits per heavy atom. The van der Waals surface area contributed by atoms with Gasteiger partial charge in [-0.25, -0.2) is 0 Å². The summed E-state index contributed by atoms with van der Waals surface area (Å²) in [6.45, 7) is -0.199. The van der Waals surface area contributed by atoms with Crippen molar-refractivity contribution < 1.29 is 27.0 Å². The second kappa shape index (κ2) is 9.90. The topological polar surface area (TPSA) is 66.0 Å². The summed E-state index contributed by atoms with van der Waals surface area (Å²) in [6.07, 6.45) is -2.44. The lowest BCUT2D eigenvalue weighted by Gasteiger charge is -2.12. The molecule has 0 saturated carbocycles. The van der Waals surface area contributed by atoms with Crippen LogP contribution in [0.4, 0.5) is 17.6 Å². The summed E-state index contributed by atoms with van der Waals surface area (Å²) in [5, 5.41) is 18.3. The zero-order valence-electron chi connectivity index (χ0n) is 12.4. The zero-order valence-corrected chi connectivity index (χ0v) is 12.4. The molecule has 0 radical (unpaired) electrons. The number of hydrogen-bond acceptors (Lipinski definition) is 4. The summed E-state index contributed by atoms with van der Waals surface area (Å²) in [4.78, 5) is 0. The van der Waals surface area contributed by atoms with Crippen LogP contribution in [0, 0.1) is 22.7 Å². The van der Waals surface area contributed by atoms with E-state index in [0.717, 1.165) is 0 Å². The smallest absolute Gasteiger partial charge is 0.266 e. The van der Waals surface area contributed by atoms with E-state index in [9.17, 15) is 17.6 Å². The molecule has 0 amide bonds. The second-order valence-electron chi connectivity index (χ2n) is 4.30. The highest BCUT2D eigenvalue weighted by molar-refractivity contribution is 5.60. The van der Waals surface area contributed by atoms with Crippen molar-refractivity contribution in [2.24, 2.45) is 0 Å². The molecule has 0 aliphatic heterocycles. The second-order valence-corrected chi connectivity index (χ2v) is 4.30. The molecule has 0 saturated heterocycles. The minimum Gasteiger partial charge on any atom is -0.492 e. The molecule has 1 aromatic rings. The van der Waals surface area contributed by atoms with Gasteiger partial charge in [-0.1, -0.05) is 0 Å². The van der Waals surface area contributed by atoms with E-state index in [-0.39, 0.29) is 48.7 Å². The van der Waals surface area contributed by atoms with E-state index in [4.69, 9.17) is 20.0 Å². The first kappa shape index (κ1) is 19.0. The van der Waals surface area contributed by atoms with E-state index in [1.807, 2.05) is 0 Å². The number of halogens is 4. The van der Waals surface area contributed by atoms with Gasteiger partial charge in [-0.2, -0.15) is 28.1 Å². The Labute approximate surface area is 135 Å². The molecule has 0 aliphatic carbocycles. The summed E-state index contributed by atoms with van der Waals surface area (Å²) in [5.74, 6) is 0.118. The maximum atomic E-state index is 11.9. The molecule has 4 nitrogen and oxygen atoms in total. The molecule has 0 aromatic heterocycles. The molecule has 0 spiro atoms. The number of ether oxygens (including phenoxy) is 2. The molecule has 0 N–H and O–H groups in total. The fourth-order valence-electron chi connectivity index (χ4n) is 1.70. The van der Waals surface area contributed by atoms with Crippen LogP contribution in [0.2, 0.25) is 0 Å². The van der Waals surface area contributed by atoms with Crippen LogP contribution in [0.3, 0.4) is 0 Å². The molecule has 126 valence electrons. The van der Waals surface area contributed by atoms with Crippen molar-refractivity contribution in [1.82, 2.24) is 0 Å². The molecular formula is C16H12F4N2O2. The highest BCUT2D eigenvalue weighted by Gasteiger charge is 2.15. The van der Waals surface area contributed by atoms with Crippen molar-refractivity contribution in [3.8, 4) is 23.6 Å². The molecule has 0 atom stereocenters. The molecule has 1 rings (SSSR count). The van der Waals surface area contributed by atoms with Gasteiger partial charge in [-0.15, -0.1) is 0 Å². The average Bonchev–Trinajstić information content (AvgIpc) is 2.55. The van der Waals surface area contributed by atoms with E-state index in [0.29, 0.717) is 12.2 Å². The van der Waals surface area contributed by atoms with Gasteiger partial charge in [0, 0.05) is 12.8 Å². The Morgan fingerprint density at radius 2 is 1.21 bits per heavy atom. The van der Waals surface area contributed by atoms with E-state index >= 15 is 0 Å². The Balaban J connectivity index is 2.87. The monoisotopic (exact) mass is 340 g/mol. The highest BCUT2D eigenvalue weighted by atomic mass is 19.3. The van der Waals surface area contributed by atoms with Crippen molar-refractivity contribution in [2.45, 2.75) is 12.8 Å². The average molecular weight is 340 g/mol. The van der Waals surface area contributed by atoms with Gasteiger partial charge in [0.05, 0.1) is 13.2 Å². The van der Waals surface area contributed by atoms with Gasteiger partial charge in [0.25, 0.3) is 12.2 Å². The van der Waals surface area contributed by atoms with Crippen LogP contribution >= 0.6 is 0 Å². The summed E-state index contributed by atoms with van der Waals surface area (Å²) < 4.78 is 58.1. The van der Waals surface area contributed by atoms with Crippen LogP contribution in [0.25, 0.3) is 0 Å². The molecule has 0 unspecified atom stereocenters. The van der Waals surface area contributed by atoms with Crippen LogP contribution in [0.1, 0.15) is 24.0 Å². The predicted molar refractivity (Wildman–Crippen MR) is 76.7 cm³/mol. The highest BCUT2D eigenvalue weighted by Crippen LogP contribution is 2.30. The molecule has 0 aliphatic rings. The Hall–Kier alpha value is -3.00. The van der Waals surface area contributed by atoms with Crippen molar-refractivity contribution in [3.63, 3.8) is 0 Å². The number of rotatable bonds is 8. The molecule has 1 aromatic carbocycles. The third-order valence-electron chi connectivity index (χ3n) is 2.70. The van der Waals surface area contributed by atoms with Gasteiger partial charge in [-0.3, -0.25) is 0 Å². The van der Waals surface area contributed by atoms with Crippen LogP contribution in [0.15, 0.2) is 36.4 Å². The number of benzene rings is 1. The summed E-state index contributed by atoms with van der Waals surface area (Å²) in [6, 6.07) is 6.30. The van der Waals surface area contributed by atoms with Crippen molar-refractivity contribution >= 4 is 0 Å². The quantitative estimate of drug-likeness (QED) is 0.515. The van der Waals surface area contributed by atoms with Gasteiger partial charge < -0.3 is 9.47 Å². The molecule has 0 fully saturated rings. The molecule has 24 heavy (non-hydrogen) atoms. The van der Waals surface area contributed by atoms with Crippen LogP contribution in [-0.2, 0) is 0 Å². The summed E-state index contributed by atoms with van der Waals surface area (Å²) >= 11 is 0. The number of nitriles is 2. The van der Waals surface area contributed by atoms with Gasteiger partial charge in [0.15, 0.2) is 0 Å². The minimum atomic E-state index is -1.83. The predicted octanol–water partition coefficient (Wildman–Crippen LogP) is 4.53. The SMILES string of the molecule is N#Cc1c(OCCC=C(F)F)ccc(OCCC=C(F)F)c1C#N. The molecule has 8 heteroatoms. The third-order valence-corrected chi connectivity index (χ3v) is 2.70. The third kappa shape index (κ3) is 6.01. The standard InChI is InChI=1S/C16H12F4N2O2/c17-15(18)3-1-7-23-13-5-6-14(12(10-22)11(13)9-21)24-8-2-4-16(19)20/h3-6H,1-2,7-8H2.